The molecule has 0 saturated heterocycles. The van der Waals surface area contributed by atoms with Crippen molar-refractivity contribution in [2.75, 3.05) is 6.67 Å². The van der Waals surface area contributed by atoms with Gasteiger partial charge >= 0.3 is 0 Å². The molecule has 0 rings (SSSR count). The lowest BCUT2D eigenvalue weighted by Crippen LogP contribution is -2.58. The predicted octanol–water partition coefficient (Wildman–Crippen LogP) is -1.59. The van der Waals surface area contributed by atoms with E-state index in [0.29, 0.717) is 0 Å². The zero-order valence-electron chi connectivity index (χ0n) is 10.2. The van der Waals surface area contributed by atoms with Gasteiger partial charge in [-0.25, -0.2) is 0 Å². The second-order valence-corrected chi connectivity index (χ2v) is 3.75. The van der Waals surface area contributed by atoms with Crippen LogP contribution in [0.1, 0.15) is 27.7 Å². The third-order valence-corrected chi connectivity index (χ3v) is 2.04. The number of aliphatic hydroxyl groups is 4. The van der Waals surface area contributed by atoms with Gasteiger partial charge in [-0.15, -0.1) is 0 Å². The molecule has 4 atom stereocenters. The lowest BCUT2D eigenvalue weighted by molar-refractivity contribution is -0.253. The molecule has 7 heteroatoms. The first kappa shape index (κ1) is 15.7. The minimum absolute atomic E-state index is 0.102. The van der Waals surface area contributed by atoms with E-state index in [1.54, 1.807) is 0 Å². The van der Waals surface area contributed by atoms with Gasteiger partial charge in [0.15, 0.2) is 0 Å². The second-order valence-electron chi connectivity index (χ2n) is 3.75. The first-order valence-corrected chi connectivity index (χ1v) is 5.28. The Morgan fingerprint density at radius 1 is 0.875 bits per heavy atom. The van der Waals surface area contributed by atoms with E-state index < -0.39 is 24.9 Å². The highest BCUT2D eigenvalue weighted by Gasteiger charge is 2.27. The number of nitrogens with one attached hydrogen (secondary N) is 1. The van der Waals surface area contributed by atoms with Gasteiger partial charge in [0.05, 0.1) is 6.67 Å². The summed E-state index contributed by atoms with van der Waals surface area (Å²) in [7, 11) is 0. The summed E-state index contributed by atoms with van der Waals surface area (Å²) < 4.78 is 0. The molecule has 7 nitrogen and oxygen atoms in total. The summed E-state index contributed by atoms with van der Waals surface area (Å²) in [5.74, 6) is 0. The number of rotatable bonds is 7. The summed E-state index contributed by atoms with van der Waals surface area (Å²) in [6, 6.07) is 0. The van der Waals surface area contributed by atoms with Crippen molar-refractivity contribution in [3.8, 4) is 0 Å². The number of hydrogen-bond acceptors (Lipinski definition) is 7. The molecule has 98 valence electrons. The van der Waals surface area contributed by atoms with Crippen LogP contribution >= 0.6 is 0 Å². The van der Waals surface area contributed by atoms with E-state index in [1.807, 2.05) is 0 Å². The van der Waals surface area contributed by atoms with Crippen molar-refractivity contribution in [3.05, 3.63) is 0 Å². The van der Waals surface area contributed by atoms with Crippen molar-refractivity contribution in [2.24, 2.45) is 0 Å². The number of nitrogens with zero attached hydrogens (tertiary/aromatic N) is 2. The van der Waals surface area contributed by atoms with Crippen molar-refractivity contribution in [3.63, 3.8) is 0 Å². The molecule has 4 unspecified atom stereocenters. The zero-order chi connectivity index (χ0) is 12.9. The molecule has 0 spiro atoms. The maximum Gasteiger partial charge on any atom is 0.120 e. The average Bonchev–Trinajstić information content (AvgIpc) is 2.09. The number of aliphatic hydroxyl groups excluding tert-OH is 4. The fourth-order valence-electron chi connectivity index (χ4n) is 1.37. The van der Waals surface area contributed by atoms with Gasteiger partial charge in [-0.3, -0.25) is 5.32 Å². The van der Waals surface area contributed by atoms with Gasteiger partial charge in [0.25, 0.3) is 0 Å². The molecule has 0 aliphatic rings. The Bertz CT molecular complexity index is 180. The topological polar surface area (TPSA) is 99.4 Å². The van der Waals surface area contributed by atoms with Crippen molar-refractivity contribution >= 4 is 0 Å². The molecule has 0 aliphatic heterocycles. The molecule has 0 radical (unpaired) electrons. The maximum absolute atomic E-state index is 9.53. The Balaban J connectivity index is 4.58. The standard InChI is InChI=1S/C9H23N3O4/c1-6(13)10-5-11(7(2)14)12(8(3)15)9(4)16/h6-10,13-16H,5H2,1-4H3. The number of hydrazine groups is 1. The summed E-state index contributed by atoms with van der Waals surface area (Å²) in [6.45, 7) is 6.09. The molecule has 0 aromatic carbocycles. The lowest BCUT2D eigenvalue weighted by atomic mass is 10.5. The Morgan fingerprint density at radius 2 is 1.31 bits per heavy atom. The Labute approximate surface area is 95.9 Å². The van der Waals surface area contributed by atoms with E-state index in [9.17, 15) is 15.3 Å². The van der Waals surface area contributed by atoms with Gasteiger partial charge in [-0.1, -0.05) is 0 Å². The Morgan fingerprint density at radius 3 is 1.56 bits per heavy atom. The fraction of sp³-hybridized carbons (Fsp3) is 1.00. The van der Waals surface area contributed by atoms with E-state index in [4.69, 9.17) is 5.11 Å². The van der Waals surface area contributed by atoms with Crippen LogP contribution in [0.3, 0.4) is 0 Å². The fourth-order valence-corrected chi connectivity index (χ4v) is 1.37. The molecular weight excluding hydrogens is 214 g/mol. The van der Waals surface area contributed by atoms with Gasteiger partial charge in [0, 0.05) is 0 Å². The summed E-state index contributed by atoms with van der Waals surface area (Å²) in [5, 5.41) is 42.8. The first-order chi connectivity index (χ1) is 7.27. The maximum atomic E-state index is 9.53. The lowest BCUT2D eigenvalue weighted by Gasteiger charge is -2.40. The Hall–Kier alpha value is -0.280. The molecule has 0 bridgehead atoms. The summed E-state index contributed by atoms with van der Waals surface area (Å²) in [6.07, 6.45) is -3.56. The molecule has 0 saturated carbocycles. The van der Waals surface area contributed by atoms with E-state index in [2.05, 4.69) is 5.32 Å². The van der Waals surface area contributed by atoms with Crippen LogP contribution in [0.15, 0.2) is 0 Å². The third-order valence-electron chi connectivity index (χ3n) is 2.04. The highest BCUT2D eigenvalue weighted by Crippen LogP contribution is 2.09. The predicted molar refractivity (Wildman–Crippen MR) is 58.4 cm³/mol. The number of hydrogen-bond donors (Lipinski definition) is 5. The quantitative estimate of drug-likeness (QED) is 0.269. The summed E-state index contributed by atoms with van der Waals surface area (Å²) >= 11 is 0. The molecular formula is C9H23N3O4. The van der Waals surface area contributed by atoms with Crippen LogP contribution in [0.25, 0.3) is 0 Å². The van der Waals surface area contributed by atoms with Crippen LogP contribution in [0.2, 0.25) is 0 Å². The second kappa shape index (κ2) is 7.13. The van der Waals surface area contributed by atoms with Crippen molar-refractivity contribution < 1.29 is 20.4 Å². The zero-order valence-corrected chi connectivity index (χ0v) is 10.2. The van der Waals surface area contributed by atoms with E-state index in [0.717, 1.165) is 0 Å². The minimum Gasteiger partial charge on any atom is -0.379 e. The van der Waals surface area contributed by atoms with Crippen LogP contribution in [0.5, 0.6) is 0 Å². The van der Waals surface area contributed by atoms with Gasteiger partial charge in [-0.05, 0) is 27.7 Å². The van der Waals surface area contributed by atoms with E-state index >= 15 is 0 Å². The monoisotopic (exact) mass is 237 g/mol. The van der Waals surface area contributed by atoms with Crippen LogP contribution in [-0.4, -0.2) is 62.0 Å². The minimum atomic E-state index is -0.953. The molecule has 0 aromatic heterocycles. The first-order valence-electron chi connectivity index (χ1n) is 5.28. The average molecular weight is 237 g/mol. The highest BCUT2D eigenvalue weighted by atomic mass is 16.4. The molecule has 0 fully saturated rings. The van der Waals surface area contributed by atoms with Gasteiger partial charge in [0.2, 0.25) is 0 Å². The van der Waals surface area contributed by atoms with Crippen molar-refractivity contribution in [1.82, 2.24) is 15.3 Å². The van der Waals surface area contributed by atoms with Gasteiger partial charge in [-0.2, -0.15) is 10.0 Å². The normalized spacial score (nSPS) is 19.9. The van der Waals surface area contributed by atoms with E-state index in [-0.39, 0.29) is 6.67 Å². The smallest absolute Gasteiger partial charge is 0.120 e. The molecule has 0 aliphatic carbocycles. The largest absolute Gasteiger partial charge is 0.379 e. The van der Waals surface area contributed by atoms with Gasteiger partial charge in [0.1, 0.15) is 24.9 Å². The Kier molecular flexibility index (Phi) is 7.00. The summed E-state index contributed by atoms with van der Waals surface area (Å²) in [5.41, 5.74) is 0. The van der Waals surface area contributed by atoms with Crippen LogP contribution in [-0.2, 0) is 0 Å². The van der Waals surface area contributed by atoms with Crippen LogP contribution in [0, 0.1) is 0 Å². The molecule has 0 aromatic rings. The molecule has 5 N–H and O–H groups in total. The highest BCUT2D eigenvalue weighted by molar-refractivity contribution is 4.61. The van der Waals surface area contributed by atoms with Crippen molar-refractivity contribution in [2.45, 2.75) is 52.6 Å². The van der Waals surface area contributed by atoms with Gasteiger partial charge < -0.3 is 20.4 Å². The SMILES string of the molecule is CC(O)NCN(C(C)O)N(C(C)O)C(C)O. The van der Waals surface area contributed by atoms with E-state index in [1.165, 1.54) is 37.7 Å². The van der Waals surface area contributed by atoms with Crippen LogP contribution < -0.4 is 5.32 Å². The molecule has 16 heavy (non-hydrogen) atoms. The molecule has 0 heterocycles. The third kappa shape index (κ3) is 5.17. The van der Waals surface area contributed by atoms with Crippen LogP contribution in [0.4, 0.5) is 0 Å². The van der Waals surface area contributed by atoms with Crippen molar-refractivity contribution in [1.29, 1.82) is 0 Å². The molecule has 0 amide bonds. The summed E-state index contributed by atoms with van der Waals surface area (Å²) in [4.78, 5) is 0.